The Bertz CT molecular complexity index is 1050. The van der Waals surface area contributed by atoms with E-state index in [2.05, 4.69) is 5.32 Å². The van der Waals surface area contributed by atoms with Crippen molar-refractivity contribution in [1.29, 1.82) is 0 Å². The van der Waals surface area contributed by atoms with Crippen LogP contribution in [0.5, 0.6) is 11.5 Å². The lowest BCUT2D eigenvalue weighted by Gasteiger charge is -2.34. The number of hydrogen-bond acceptors (Lipinski definition) is 6. The molecular weight excluding hydrogens is 448 g/mol. The van der Waals surface area contributed by atoms with Gasteiger partial charge in [0, 0.05) is 44.8 Å². The molecule has 1 aliphatic heterocycles. The van der Waals surface area contributed by atoms with E-state index in [1.165, 1.54) is 7.11 Å². The third-order valence-electron chi connectivity index (χ3n) is 6.14. The Morgan fingerprint density at radius 1 is 0.914 bits per heavy atom. The van der Waals surface area contributed by atoms with Crippen LogP contribution in [0.15, 0.2) is 42.5 Å². The van der Waals surface area contributed by atoms with Crippen LogP contribution in [0.3, 0.4) is 0 Å². The van der Waals surface area contributed by atoms with Crippen LogP contribution < -0.4 is 14.8 Å². The van der Waals surface area contributed by atoms with Gasteiger partial charge in [-0.1, -0.05) is 12.1 Å². The lowest BCUT2D eigenvalue weighted by atomic mass is 10.1. The number of para-hydroxylation sites is 1. The Morgan fingerprint density at radius 3 is 2.20 bits per heavy atom. The van der Waals surface area contributed by atoms with Gasteiger partial charge in [-0.25, -0.2) is 0 Å². The lowest BCUT2D eigenvalue weighted by molar-refractivity contribution is -0.117. The highest BCUT2D eigenvalue weighted by molar-refractivity contribution is 6.04. The second-order valence-corrected chi connectivity index (χ2v) is 8.21. The van der Waals surface area contributed by atoms with Crippen molar-refractivity contribution in [2.45, 2.75) is 13.8 Å². The van der Waals surface area contributed by atoms with E-state index >= 15 is 0 Å². The summed E-state index contributed by atoms with van der Waals surface area (Å²) in [5.74, 6) is 0.699. The van der Waals surface area contributed by atoms with E-state index in [0.717, 1.165) is 0 Å². The lowest BCUT2D eigenvalue weighted by Crippen LogP contribution is -2.50. The number of carbonyl (C=O) groups is 3. The number of nitrogens with zero attached hydrogens (tertiary/aromatic N) is 3. The number of hydrogen-bond donors (Lipinski definition) is 1. The van der Waals surface area contributed by atoms with Gasteiger partial charge in [-0.3, -0.25) is 19.3 Å². The van der Waals surface area contributed by atoms with Crippen LogP contribution in [0, 0.1) is 0 Å². The molecule has 0 aliphatic carbocycles. The summed E-state index contributed by atoms with van der Waals surface area (Å²) in [6, 6.07) is 12.2. The summed E-state index contributed by atoms with van der Waals surface area (Å²) < 4.78 is 10.5. The minimum atomic E-state index is -0.190. The van der Waals surface area contributed by atoms with Gasteiger partial charge in [0.25, 0.3) is 11.8 Å². The van der Waals surface area contributed by atoms with Crippen LogP contribution >= 0.6 is 0 Å². The molecule has 9 heteroatoms. The van der Waals surface area contributed by atoms with E-state index in [9.17, 15) is 14.4 Å². The topological polar surface area (TPSA) is 91.4 Å². The molecule has 35 heavy (non-hydrogen) atoms. The molecule has 1 N–H and O–H groups in total. The predicted molar refractivity (Wildman–Crippen MR) is 134 cm³/mol. The quantitative estimate of drug-likeness (QED) is 0.591. The molecule has 0 radical (unpaired) electrons. The summed E-state index contributed by atoms with van der Waals surface area (Å²) in [7, 11) is 3.09. The Hall–Kier alpha value is -3.59. The Labute approximate surface area is 206 Å². The van der Waals surface area contributed by atoms with E-state index in [4.69, 9.17) is 9.47 Å². The number of anilines is 1. The maximum Gasteiger partial charge on any atom is 0.255 e. The van der Waals surface area contributed by atoms with Crippen molar-refractivity contribution in [3.63, 3.8) is 0 Å². The van der Waals surface area contributed by atoms with Crippen molar-refractivity contribution in [3.8, 4) is 11.5 Å². The van der Waals surface area contributed by atoms with Gasteiger partial charge in [-0.05, 0) is 44.2 Å². The van der Waals surface area contributed by atoms with Crippen LogP contribution in [-0.2, 0) is 4.79 Å². The normalized spacial score (nSPS) is 13.8. The molecule has 9 nitrogen and oxygen atoms in total. The molecule has 1 saturated heterocycles. The van der Waals surface area contributed by atoms with E-state index < -0.39 is 0 Å². The van der Waals surface area contributed by atoms with Crippen molar-refractivity contribution in [3.05, 3.63) is 53.6 Å². The van der Waals surface area contributed by atoms with Crippen LogP contribution in [0.2, 0.25) is 0 Å². The number of rotatable bonds is 9. The maximum atomic E-state index is 12.9. The molecular formula is C26H34N4O5. The fourth-order valence-corrected chi connectivity index (χ4v) is 4.11. The summed E-state index contributed by atoms with van der Waals surface area (Å²) in [5, 5.41) is 2.89. The molecule has 188 valence electrons. The third kappa shape index (κ3) is 6.30. The highest BCUT2D eigenvalue weighted by Gasteiger charge is 2.25. The first-order chi connectivity index (χ1) is 16.9. The second-order valence-electron chi connectivity index (χ2n) is 8.21. The summed E-state index contributed by atoms with van der Waals surface area (Å²) in [5.41, 5.74) is 1.52. The molecule has 3 amide bonds. The average Bonchev–Trinajstić information content (AvgIpc) is 2.89. The van der Waals surface area contributed by atoms with Gasteiger partial charge in [0.05, 0.1) is 32.0 Å². The van der Waals surface area contributed by atoms with Gasteiger partial charge in [0.1, 0.15) is 0 Å². The third-order valence-corrected chi connectivity index (χ3v) is 6.14. The summed E-state index contributed by atoms with van der Waals surface area (Å²) in [6.45, 7) is 7.42. The monoisotopic (exact) mass is 482 g/mol. The molecule has 0 unspecified atom stereocenters. The van der Waals surface area contributed by atoms with Crippen molar-refractivity contribution in [1.82, 2.24) is 14.7 Å². The maximum absolute atomic E-state index is 12.9. The molecule has 1 fully saturated rings. The smallest absolute Gasteiger partial charge is 0.255 e. The SMILES string of the molecule is CCN(CC)C(=O)c1ccccc1NC(=O)CN1CCN(C(=O)c2ccc(OC)c(OC)c2)CC1. The highest BCUT2D eigenvalue weighted by Crippen LogP contribution is 2.28. The molecule has 0 spiro atoms. The second kappa shape index (κ2) is 12.2. The van der Waals surface area contributed by atoms with Gasteiger partial charge in [-0.2, -0.15) is 0 Å². The van der Waals surface area contributed by atoms with Crippen molar-refractivity contribution < 1.29 is 23.9 Å². The summed E-state index contributed by atoms with van der Waals surface area (Å²) in [4.78, 5) is 44.0. The number of ether oxygens (including phenoxy) is 2. The predicted octanol–water partition coefficient (Wildman–Crippen LogP) is 2.58. The first-order valence-electron chi connectivity index (χ1n) is 11.8. The fourth-order valence-electron chi connectivity index (χ4n) is 4.11. The molecule has 3 rings (SSSR count). The largest absolute Gasteiger partial charge is 0.493 e. The Morgan fingerprint density at radius 2 is 1.57 bits per heavy atom. The van der Waals surface area contributed by atoms with E-state index in [-0.39, 0.29) is 24.3 Å². The average molecular weight is 483 g/mol. The van der Waals surface area contributed by atoms with Crippen LogP contribution in [0.4, 0.5) is 5.69 Å². The van der Waals surface area contributed by atoms with Gasteiger partial charge >= 0.3 is 0 Å². The van der Waals surface area contributed by atoms with Crippen LogP contribution in [0.25, 0.3) is 0 Å². The number of nitrogens with one attached hydrogen (secondary N) is 1. The van der Waals surface area contributed by atoms with E-state index in [0.29, 0.717) is 67.6 Å². The van der Waals surface area contributed by atoms with Gasteiger partial charge in [0.2, 0.25) is 5.91 Å². The Balaban J connectivity index is 1.56. The van der Waals surface area contributed by atoms with E-state index in [1.807, 2.05) is 18.7 Å². The van der Waals surface area contributed by atoms with E-state index in [1.54, 1.807) is 59.4 Å². The molecule has 0 atom stereocenters. The minimum Gasteiger partial charge on any atom is -0.493 e. The molecule has 0 saturated carbocycles. The zero-order chi connectivity index (χ0) is 25.4. The molecule has 0 bridgehead atoms. The molecule has 1 aliphatic rings. The first kappa shape index (κ1) is 26.0. The zero-order valence-electron chi connectivity index (χ0n) is 20.9. The number of amides is 3. The van der Waals surface area contributed by atoms with Gasteiger partial charge in [0.15, 0.2) is 11.5 Å². The number of methoxy groups -OCH3 is 2. The molecule has 0 aromatic heterocycles. The number of piperazine rings is 1. The molecule has 2 aromatic rings. The van der Waals surface area contributed by atoms with Crippen molar-refractivity contribution >= 4 is 23.4 Å². The van der Waals surface area contributed by atoms with Crippen LogP contribution in [-0.4, -0.2) is 92.5 Å². The highest BCUT2D eigenvalue weighted by atomic mass is 16.5. The zero-order valence-corrected chi connectivity index (χ0v) is 20.9. The van der Waals surface area contributed by atoms with Crippen molar-refractivity contribution in [2.75, 3.05) is 65.3 Å². The summed E-state index contributed by atoms with van der Waals surface area (Å²) in [6.07, 6.45) is 0. The molecule has 1 heterocycles. The fraction of sp³-hybridized carbons (Fsp3) is 0.423. The van der Waals surface area contributed by atoms with Crippen molar-refractivity contribution in [2.24, 2.45) is 0 Å². The van der Waals surface area contributed by atoms with Gasteiger partial charge < -0.3 is 24.6 Å². The number of benzene rings is 2. The number of carbonyl (C=O) groups excluding carboxylic acids is 3. The van der Waals surface area contributed by atoms with Crippen LogP contribution in [0.1, 0.15) is 34.6 Å². The Kier molecular flexibility index (Phi) is 9.08. The molecule has 2 aromatic carbocycles. The minimum absolute atomic E-state index is 0.0844. The standard InChI is InChI=1S/C26H34N4O5/c1-5-29(6-2)26(33)20-9-7-8-10-21(20)27-24(31)18-28-13-15-30(16-14-28)25(32)19-11-12-22(34-3)23(17-19)35-4/h7-12,17H,5-6,13-16,18H2,1-4H3,(H,27,31). The summed E-state index contributed by atoms with van der Waals surface area (Å²) >= 11 is 0. The first-order valence-corrected chi connectivity index (χ1v) is 11.8. The van der Waals surface area contributed by atoms with Gasteiger partial charge in [-0.15, -0.1) is 0 Å².